The first kappa shape index (κ1) is 15.0. The van der Waals surface area contributed by atoms with E-state index in [1.807, 2.05) is 0 Å². The highest BCUT2D eigenvalue weighted by Crippen LogP contribution is 2.31. The molecule has 0 aromatic heterocycles. The number of anilines is 1. The molecule has 1 amide bonds. The highest BCUT2D eigenvalue weighted by molar-refractivity contribution is 5.96. The summed E-state index contributed by atoms with van der Waals surface area (Å²) < 4.78 is 0. The maximum absolute atomic E-state index is 12.0. The number of rotatable bonds is 3. The summed E-state index contributed by atoms with van der Waals surface area (Å²) in [6, 6.07) is 4.26. The molecule has 1 saturated heterocycles. The fourth-order valence-electron chi connectivity index (χ4n) is 2.37. The Morgan fingerprint density at radius 2 is 2.10 bits per heavy atom. The second kappa shape index (κ2) is 5.90. The molecule has 7 nitrogen and oxygen atoms in total. The SMILES string of the molecule is CN(C)C(=O)c1ccc([N+](=O)[O-])c(N2CCCC(=O)C2)c1. The molecule has 0 atom stereocenters. The number of ketones is 1. The van der Waals surface area contributed by atoms with Crippen molar-refractivity contribution in [2.45, 2.75) is 12.8 Å². The third-order valence-electron chi connectivity index (χ3n) is 3.42. The fourth-order valence-corrected chi connectivity index (χ4v) is 2.37. The van der Waals surface area contributed by atoms with Gasteiger partial charge in [0.05, 0.1) is 11.5 Å². The zero-order valence-corrected chi connectivity index (χ0v) is 12.0. The van der Waals surface area contributed by atoms with Gasteiger partial charge in [0.2, 0.25) is 0 Å². The summed E-state index contributed by atoms with van der Waals surface area (Å²) in [6.45, 7) is 0.729. The molecule has 1 heterocycles. The molecule has 0 N–H and O–H groups in total. The van der Waals surface area contributed by atoms with E-state index in [0.717, 1.165) is 0 Å². The molecule has 1 fully saturated rings. The number of piperidine rings is 1. The van der Waals surface area contributed by atoms with Crippen LogP contribution in [0.4, 0.5) is 11.4 Å². The van der Waals surface area contributed by atoms with Crippen LogP contribution in [0.15, 0.2) is 18.2 Å². The monoisotopic (exact) mass is 291 g/mol. The normalized spacial score (nSPS) is 15.0. The zero-order chi connectivity index (χ0) is 15.6. The summed E-state index contributed by atoms with van der Waals surface area (Å²) in [5, 5.41) is 11.2. The van der Waals surface area contributed by atoms with E-state index in [-0.39, 0.29) is 23.9 Å². The maximum Gasteiger partial charge on any atom is 0.292 e. The van der Waals surface area contributed by atoms with Gasteiger partial charge in [-0.25, -0.2) is 0 Å². The van der Waals surface area contributed by atoms with E-state index < -0.39 is 4.92 Å². The Hall–Kier alpha value is -2.44. The van der Waals surface area contributed by atoms with Crippen molar-refractivity contribution in [3.63, 3.8) is 0 Å². The fraction of sp³-hybridized carbons (Fsp3) is 0.429. The maximum atomic E-state index is 12.0. The van der Waals surface area contributed by atoms with Crippen LogP contribution in [0, 0.1) is 10.1 Å². The zero-order valence-electron chi connectivity index (χ0n) is 12.0. The van der Waals surface area contributed by atoms with E-state index in [2.05, 4.69) is 0 Å². The molecule has 0 radical (unpaired) electrons. The molecule has 0 spiro atoms. The lowest BCUT2D eigenvalue weighted by molar-refractivity contribution is -0.384. The molecule has 21 heavy (non-hydrogen) atoms. The Morgan fingerprint density at radius 3 is 2.67 bits per heavy atom. The van der Waals surface area contributed by atoms with Gasteiger partial charge in [0.15, 0.2) is 5.78 Å². The van der Waals surface area contributed by atoms with Crippen LogP contribution >= 0.6 is 0 Å². The van der Waals surface area contributed by atoms with E-state index in [4.69, 9.17) is 0 Å². The van der Waals surface area contributed by atoms with Crippen LogP contribution in [-0.2, 0) is 4.79 Å². The second-order valence-electron chi connectivity index (χ2n) is 5.22. The van der Waals surface area contributed by atoms with Crippen LogP contribution < -0.4 is 4.90 Å². The number of amides is 1. The van der Waals surface area contributed by atoms with Crippen molar-refractivity contribution in [1.82, 2.24) is 4.90 Å². The van der Waals surface area contributed by atoms with E-state index in [1.165, 1.54) is 23.1 Å². The van der Waals surface area contributed by atoms with Gasteiger partial charge < -0.3 is 9.80 Å². The largest absolute Gasteiger partial charge is 0.359 e. The van der Waals surface area contributed by atoms with Crippen LogP contribution in [0.2, 0.25) is 0 Å². The molecule has 0 saturated carbocycles. The first-order chi connectivity index (χ1) is 9.90. The average molecular weight is 291 g/mol. The van der Waals surface area contributed by atoms with Gasteiger partial charge >= 0.3 is 0 Å². The minimum atomic E-state index is -0.488. The highest BCUT2D eigenvalue weighted by Gasteiger charge is 2.25. The van der Waals surface area contributed by atoms with Crippen molar-refractivity contribution in [2.75, 3.05) is 32.1 Å². The van der Waals surface area contributed by atoms with E-state index in [1.54, 1.807) is 19.0 Å². The molecule has 2 rings (SSSR count). The molecular formula is C14H17N3O4. The molecule has 1 aliphatic rings. The lowest BCUT2D eigenvalue weighted by Crippen LogP contribution is -2.36. The molecule has 0 unspecified atom stereocenters. The molecular weight excluding hydrogens is 274 g/mol. The Bertz CT molecular complexity index is 598. The number of nitrogens with zero attached hydrogens (tertiary/aromatic N) is 3. The summed E-state index contributed by atoms with van der Waals surface area (Å²) in [7, 11) is 3.24. The van der Waals surface area contributed by atoms with Crippen LogP contribution in [0.3, 0.4) is 0 Å². The number of nitro benzene ring substituents is 1. The van der Waals surface area contributed by atoms with Gasteiger partial charge in [0.1, 0.15) is 5.69 Å². The van der Waals surface area contributed by atoms with Crippen molar-refractivity contribution >= 4 is 23.1 Å². The lowest BCUT2D eigenvalue weighted by Gasteiger charge is -2.27. The van der Waals surface area contributed by atoms with Gasteiger partial charge in [0, 0.05) is 38.7 Å². The average Bonchev–Trinajstić information content (AvgIpc) is 2.45. The lowest BCUT2D eigenvalue weighted by atomic mass is 10.1. The minimum Gasteiger partial charge on any atom is -0.359 e. The predicted molar refractivity (Wildman–Crippen MR) is 77.6 cm³/mol. The van der Waals surface area contributed by atoms with Gasteiger partial charge in [0.25, 0.3) is 11.6 Å². The number of nitro groups is 1. The van der Waals surface area contributed by atoms with Gasteiger partial charge in [-0.3, -0.25) is 19.7 Å². The highest BCUT2D eigenvalue weighted by atomic mass is 16.6. The minimum absolute atomic E-state index is 0.0555. The van der Waals surface area contributed by atoms with E-state index >= 15 is 0 Å². The molecule has 1 aromatic carbocycles. The summed E-state index contributed by atoms with van der Waals surface area (Å²) >= 11 is 0. The number of carbonyl (C=O) groups excluding carboxylic acids is 2. The van der Waals surface area contributed by atoms with Crippen molar-refractivity contribution in [3.05, 3.63) is 33.9 Å². The van der Waals surface area contributed by atoms with Crippen LogP contribution in [0.25, 0.3) is 0 Å². The smallest absolute Gasteiger partial charge is 0.292 e. The molecule has 0 bridgehead atoms. The first-order valence-corrected chi connectivity index (χ1v) is 6.67. The van der Waals surface area contributed by atoms with Crippen LogP contribution in [-0.4, -0.2) is 48.7 Å². The first-order valence-electron chi connectivity index (χ1n) is 6.67. The molecule has 0 aliphatic carbocycles. The standard InChI is InChI=1S/C14H17N3O4/c1-15(2)14(19)10-5-6-12(17(20)21)13(8-10)16-7-3-4-11(18)9-16/h5-6,8H,3-4,7,9H2,1-2H3. The topological polar surface area (TPSA) is 83.8 Å². The molecule has 1 aromatic rings. The van der Waals surface area contributed by atoms with Gasteiger partial charge in [-0.1, -0.05) is 0 Å². The van der Waals surface area contributed by atoms with Gasteiger partial charge in [-0.05, 0) is 18.6 Å². The Labute approximate surface area is 122 Å². The Kier molecular flexibility index (Phi) is 4.21. The Morgan fingerprint density at radius 1 is 1.38 bits per heavy atom. The Balaban J connectivity index is 2.44. The van der Waals surface area contributed by atoms with E-state index in [9.17, 15) is 19.7 Å². The molecule has 1 aliphatic heterocycles. The molecule has 112 valence electrons. The number of hydrogen-bond donors (Lipinski definition) is 0. The van der Waals surface area contributed by atoms with Gasteiger partial charge in [-0.2, -0.15) is 0 Å². The van der Waals surface area contributed by atoms with Crippen LogP contribution in [0.5, 0.6) is 0 Å². The van der Waals surface area contributed by atoms with E-state index in [0.29, 0.717) is 30.6 Å². The number of benzene rings is 1. The molecule has 7 heteroatoms. The summed E-state index contributed by atoms with van der Waals surface area (Å²) in [4.78, 5) is 37.3. The summed E-state index contributed by atoms with van der Waals surface area (Å²) in [5.41, 5.74) is 0.624. The third-order valence-corrected chi connectivity index (χ3v) is 3.42. The number of hydrogen-bond acceptors (Lipinski definition) is 5. The van der Waals surface area contributed by atoms with Crippen molar-refractivity contribution in [1.29, 1.82) is 0 Å². The quantitative estimate of drug-likeness (QED) is 0.622. The predicted octanol–water partition coefficient (Wildman–Crippen LogP) is 1.47. The number of carbonyl (C=O) groups is 2. The van der Waals surface area contributed by atoms with Crippen molar-refractivity contribution < 1.29 is 14.5 Å². The van der Waals surface area contributed by atoms with Crippen molar-refractivity contribution in [3.8, 4) is 0 Å². The number of Topliss-reactive ketones (excluding diaryl/α,β-unsaturated/α-hetero) is 1. The summed E-state index contributed by atoms with van der Waals surface area (Å²) in [6.07, 6.45) is 1.17. The van der Waals surface area contributed by atoms with Crippen molar-refractivity contribution in [2.24, 2.45) is 0 Å². The second-order valence-corrected chi connectivity index (χ2v) is 5.22. The van der Waals surface area contributed by atoms with Crippen LogP contribution in [0.1, 0.15) is 23.2 Å². The summed E-state index contributed by atoms with van der Waals surface area (Å²) in [5.74, 6) is -0.172. The third kappa shape index (κ3) is 3.18. The van der Waals surface area contributed by atoms with Gasteiger partial charge in [-0.15, -0.1) is 0 Å².